The number of hydrogen-bond acceptors (Lipinski definition) is 3. The first kappa shape index (κ1) is 22.6. The zero-order valence-corrected chi connectivity index (χ0v) is 18.4. The number of rotatable bonds is 5. The fourth-order valence-electron chi connectivity index (χ4n) is 3.76. The zero-order valence-electron chi connectivity index (χ0n) is 16.8. The molecule has 2 aromatic carbocycles. The molecule has 0 N–H and O–H groups in total. The summed E-state index contributed by atoms with van der Waals surface area (Å²) < 4.78 is 27.9. The number of sulfonamides is 1. The molecular formula is C22H29ClN2O2S. The van der Waals surface area contributed by atoms with Crippen molar-refractivity contribution in [3.63, 3.8) is 0 Å². The highest BCUT2D eigenvalue weighted by atomic mass is 35.5. The predicted molar refractivity (Wildman–Crippen MR) is 119 cm³/mol. The van der Waals surface area contributed by atoms with Crippen LogP contribution in [0.5, 0.6) is 0 Å². The quantitative estimate of drug-likeness (QED) is 0.732. The van der Waals surface area contributed by atoms with E-state index in [9.17, 15) is 8.42 Å². The molecule has 6 heteroatoms. The second-order valence-corrected chi connectivity index (χ2v) is 9.12. The van der Waals surface area contributed by atoms with Gasteiger partial charge in [-0.05, 0) is 37.5 Å². The molecule has 1 aliphatic heterocycles. The minimum atomic E-state index is -3.44. The Morgan fingerprint density at radius 2 is 1.50 bits per heavy atom. The second kappa shape index (κ2) is 9.70. The lowest BCUT2D eigenvalue weighted by atomic mass is 10.1. The van der Waals surface area contributed by atoms with Crippen LogP contribution in [0.4, 0.5) is 0 Å². The molecule has 0 radical (unpaired) electrons. The molecule has 0 bridgehead atoms. The second-order valence-electron chi connectivity index (χ2n) is 7.25. The third kappa shape index (κ3) is 5.23. The Morgan fingerprint density at radius 1 is 0.929 bits per heavy atom. The Kier molecular flexibility index (Phi) is 7.84. The van der Waals surface area contributed by atoms with E-state index in [1.54, 1.807) is 4.31 Å². The molecule has 28 heavy (non-hydrogen) atoms. The van der Waals surface area contributed by atoms with Crippen molar-refractivity contribution in [2.75, 3.05) is 32.7 Å². The van der Waals surface area contributed by atoms with Gasteiger partial charge >= 0.3 is 0 Å². The van der Waals surface area contributed by atoms with Gasteiger partial charge in [-0.3, -0.25) is 4.90 Å². The molecule has 0 amide bonds. The van der Waals surface area contributed by atoms with Crippen molar-refractivity contribution in [3.05, 3.63) is 70.8 Å². The SMILES string of the molecule is Cc1cc(C)c(S(=O)(=O)N2CCN(C/C=C/c3ccccc3)CC2)c(C)c1.Cl. The Hall–Kier alpha value is -1.66. The maximum absolute atomic E-state index is 13.1. The standard InChI is InChI=1S/C22H28N2O2S.ClH/c1-18-16-19(2)22(20(3)17-18)27(25,26)24-14-12-23(13-15-24)11-7-10-21-8-5-4-6-9-21;/h4-10,16-17H,11-15H2,1-3H3;1H/b10-7+;. The number of halogens is 1. The van der Waals surface area contributed by atoms with Crippen LogP contribution in [0.3, 0.4) is 0 Å². The molecule has 3 rings (SSSR count). The molecule has 152 valence electrons. The Balaban J connectivity index is 0.00000280. The molecule has 1 saturated heterocycles. The van der Waals surface area contributed by atoms with Crippen LogP contribution < -0.4 is 0 Å². The van der Waals surface area contributed by atoms with Crippen molar-refractivity contribution >= 4 is 28.5 Å². The molecule has 1 aliphatic rings. The van der Waals surface area contributed by atoms with Crippen LogP contribution in [0.25, 0.3) is 6.08 Å². The van der Waals surface area contributed by atoms with Crippen LogP contribution in [0.15, 0.2) is 53.4 Å². The van der Waals surface area contributed by atoms with Gasteiger partial charge in [-0.15, -0.1) is 12.4 Å². The molecule has 2 aromatic rings. The highest BCUT2D eigenvalue weighted by Crippen LogP contribution is 2.26. The van der Waals surface area contributed by atoms with E-state index in [0.29, 0.717) is 18.0 Å². The van der Waals surface area contributed by atoms with E-state index in [1.807, 2.05) is 51.1 Å². The lowest BCUT2D eigenvalue weighted by molar-refractivity contribution is 0.204. The molecule has 1 fully saturated rings. The van der Waals surface area contributed by atoms with Crippen molar-refractivity contribution in [1.82, 2.24) is 9.21 Å². The molecule has 0 saturated carbocycles. The van der Waals surface area contributed by atoms with Crippen LogP contribution >= 0.6 is 12.4 Å². The van der Waals surface area contributed by atoms with Crippen molar-refractivity contribution in [2.24, 2.45) is 0 Å². The summed E-state index contributed by atoms with van der Waals surface area (Å²) in [4.78, 5) is 2.77. The maximum Gasteiger partial charge on any atom is 0.243 e. The van der Waals surface area contributed by atoms with Crippen molar-refractivity contribution in [2.45, 2.75) is 25.7 Å². The number of aryl methyl sites for hydroxylation is 3. The highest BCUT2D eigenvalue weighted by molar-refractivity contribution is 7.89. The summed E-state index contributed by atoms with van der Waals surface area (Å²) in [5, 5.41) is 0. The molecular weight excluding hydrogens is 392 g/mol. The minimum absolute atomic E-state index is 0. The van der Waals surface area contributed by atoms with Gasteiger partial charge in [0, 0.05) is 32.7 Å². The third-order valence-corrected chi connectivity index (χ3v) is 7.21. The summed E-state index contributed by atoms with van der Waals surface area (Å²) in [7, 11) is -3.44. The molecule has 0 unspecified atom stereocenters. The third-order valence-electron chi connectivity index (χ3n) is 5.01. The largest absolute Gasteiger partial charge is 0.297 e. The molecule has 0 atom stereocenters. The fraction of sp³-hybridized carbons (Fsp3) is 0.364. The first-order valence-electron chi connectivity index (χ1n) is 9.40. The zero-order chi connectivity index (χ0) is 19.4. The lowest BCUT2D eigenvalue weighted by Gasteiger charge is -2.34. The summed E-state index contributed by atoms with van der Waals surface area (Å²) >= 11 is 0. The van der Waals surface area contributed by atoms with Gasteiger partial charge in [0.2, 0.25) is 10.0 Å². The van der Waals surface area contributed by atoms with Gasteiger partial charge in [-0.1, -0.05) is 60.2 Å². The number of nitrogens with zero attached hydrogens (tertiary/aromatic N) is 2. The summed E-state index contributed by atoms with van der Waals surface area (Å²) in [6.45, 7) is 9.19. The average Bonchev–Trinajstić information content (AvgIpc) is 2.62. The van der Waals surface area contributed by atoms with Gasteiger partial charge in [0.25, 0.3) is 0 Å². The van der Waals surface area contributed by atoms with Gasteiger partial charge in [0.15, 0.2) is 0 Å². The van der Waals surface area contributed by atoms with Gasteiger partial charge in [0.05, 0.1) is 4.90 Å². The van der Waals surface area contributed by atoms with Crippen molar-refractivity contribution in [1.29, 1.82) is 0 Å². The summed E-state index contributed by atoms with van der Waals surface area (Å²) in [5.41, 5.74) is 3.95. The predicted octanol–water partition coefficient (Wildman–Crippen LogP) is 4.05. The first-order valence-corrected chi connectivity index (χ1v) is 10.8. The van der Waals surface area contributed by atoms with Gasteiger partial charge in [-0.2, -0.15) is 4.31 Å². The molecule has 0 aliphatic carbocycles. The van der Waals surface area contributed by atoms with E-state index >= 15 is 0 Å². The van der Waals surface area contributed by atoms with Gasteiger partial charge in [0.1, 0.15) is 0 Å². The van der Waals surface area contributed by atoms with Crippen LogP contribution in [0.1, 0.15) is 22.3 Å². The van der Waals surface area contributed by atoms with Crippen molar-refractivity contribution in [3.8, 4) is 0 Å². The van der Waals surface area contributed by atoms with Gasteiger partial charge in [-0.25, -0.2) is 8.42 Å². The van der Waals surface area contributed by atoms with E-state index in [0.717, 1.165) is 36.3 Å². The number of hydrogen-bond donors (Lipinski definition) is 0. The van der Waals surface area contributed by atoms with Crippen molar-refractivity contribution < 1.29 is 8.42 Å². The van der Waals surface area contributed by atoms with Gasteiger partial charge < -0.3 is 0 Å². The summed E-state index contributed by atoms with van der Waals surface area (Å²) in [5.74, 6) is 0. The normalized spacial score (nSPS) is 16.2. The van der Waals surface area contributed by atoms with E-state index in [-0.39, 0.29) is 12.4 Å². The Morgan fingerprint density at radius 3 is 2.07 bits per heavy atom. The van der Waals surface area contributed by atoms with E-state index < -0.39 is 10.0 Å². The van der Waals surface area contributed by atoms with Crippen LogP contribution in [-0.2, 0) is 10.0 Å². The van der Waals surface area contributed by atoms with E-state index in [4.69, 9.17) is 0 Å². The first-order chi connectivity index (χ1) is 12.9. The average molecular weight is 421 g/mol. The van der Waals surface area contributed by atoms with Crippen LogP contribution in [0, 0.1) is 20.8 Å². The number of benzene rings is 2. The Labute approximate surface area is 175 Å². The Bertz CT molecular complexity index is 896. The lowest BCUT2D eigenvalue weighted by Crippen LogP contribution is -2.48. The van der Waals surface area contributed by atoms with E-state index in [2.05, 4.69) is 29.2 Å². The van der Waals surface area contributed by atoms with Crippen LogP contribution in [0.2, 0.25) is 0 Å². The molecule has 0 spiro atoms. The minimum Gasteiger partial charge on any atom is -0.297 e. The molecule has 0 aromatic heterocycles. The maximum atomic E-state index is 13.1. The topological polar surface area (TPSA) is 40.6 Å². The van der Waals surface area contributed by atoms with Crippen LogP contribution in [-0.4, -0.2) is 50.3 Å². The summed E-state index contributed by atoms with van der Waals surface area (Å²) in [6, 6.07) is 14.1. The fourth-order valence-corrected chi connectivity index (χ4v) is 5.59. The molecule has 1 heterocycles. The highest BCUT2D eigenvalue weighted by Gasteiger charge is 2.30. The smallest absolute Gasteiger partial charge is 0.243 e. The van der Waals surface area contributed by atoms with E-state index in [1.165, 1.54) is 5.56 Å². The monoisotopic (exact) mass is 420 g/mol. The summed E-state index contributed by atoms with van der Waals surface area (Å²) in [6.07, 6.45) is 4.26. The molecule has 4 nitrogen and oxygen atoms in total. The number of piperazine rings is 1.